The van der Waals surface area contributed by atoms with Gasteiger partial charge in [0.05, 0.1) is 16.8 Å². The van der Waals surface area contributed by atoms with Crippen molar-refractivity contribution in [3.63, 3.8) is 0 Å². The second kappa shape index (κ2) is 7.48. The van der Waals surface area contributed by atoms with Crippen molar-refractivity contribution in [2.75, 3.05) is 11.9 Å². The van der Waals surface area contributed by atoms with Crippen molar-refractivity contribution in [2.24, 2.45) is 0 Å². The van der Waals surface area contributed by atoms with Gasteiger partial charge in [0.2, 0.25) is 11.8 Å². The summed E-state index contributed by atoms with van der Waals surface area (Å²) in [6.07, 6.45) is 2.06. The molecule has 0 radical (unpaired) electrons. The Morgan fingerprint density at radius 2 is 2.14 bits per heavy atom. The van der Waals surface area contributed by atoms with Gasteiger partial charge in [0.15, 0.2) is 0 Å². The van der Waals surface area contributed by atoms with Crippen LogP contribution in [-0.4, -0.2) is 29.3 Å². The van der Waals surface area contributed by atoms with E-state index in [0.717, 1.165) is 12.8 Å². The van der Waals surface area contributed by atoms with Gasteiger partial charge in [-0.3, -0.25) is 9.59 Å². The van der Waals surface area contributed by atoms with Crippen LogP contribution in [0.5, 0.6) is 0 Å². The molecule has 2 rings (SSSR count). The van der Waals surface area contributed by atoms with Gasteiger partial charge in [-0.25, -0.2) is 0 Å². The molecule has 1 heterocycles. The van der Waals surface area contributed by atoms with Crippen LogP contribution in [0.3, 0.4) is 0 Å². The number of rotatable bonds is 3. The summed E-state index contributed by atoms with van der Waals surface area (Å²) in [5.41, 5.74) is 0.453. The molecular weight excluding hydrogens is 325 g/mol. The average molecular weight is 340 g/mol. The maximum Gasteiger partial charge on any atom is 0.247 e. The number of amides is 2. The van der Waals surface area contributed by atoms with Crippen molar-refractivity contribution in [3.05, 3.63) is 28.2 Å². The number of likely N-dealkylation sites (tertiary alicyclic amines) is 1. The monoisotopic (exact) mass is 339 g/mol. The second-order valence-electron chi connectivity index (χ2n) is 5.05. The summed E-state index contributed by atoms with van der Waals surface area (Å²) in [6.45, 7) is 0.493. The van der Waals surface area contributed by atoms with E-state index in [1.54, 1.807) is 12.1 Å². The fourth-order valence-corrected chi connectivity index (χ4v) is 2.93. The van der Waals surface area contributed by atoms with E-state index in [1.807, 2.05) is 6.07 Å². The van der Waals surface area contributed by atoms with E-state index in [4.69, 9.17) is 28.5 Å². The van der Waals surface area contributed by atoms with Crippen LogP contribution in [0.15, 0.2) is 18.2 Å². The van der Waals surface area contributed by atoms with Gasteiger partial charge in [-0.05, 0) is 37.5 Å². The first-order chi connectivity index (χ1) is 10.5. The van der Waals surface area contributed by atoms with Gasteiger partial charge in [0.1, 0.15) is 12.5 Å². The molecule has 22 heavy (non-hydrogen) atoms. The molecule has 0 aromatic heterocycles. The number of carbonyl (C=O) groups is 2. The summed E-state index contributed by atoms with van der Waals surface area (Å²) >= 11 is 11.9. The topological polar surface area (TPSA) is 73.2 Å². The van der Waals surface area contributed by atoms with E-state index < -0.39 is 6.04 Å². The Morgan fingerprint density at radius 1 is 1.36 bits per heavy atom. The highest BCUT2D eigenvalue weighted by Gasteiger charge is 2.32. The third kappa shape index (κ3) is 3.90. The Morgan fingerprint density at radius 3 is 2.82 bits per heavy atom. The van der Waals surface area contributed by atoms with Gasteiger partial charge >= 0.3 is 0 Å². The van der Waals surface area contributed by atoms with E-state index in [0.29, 0.717) is 28.7 Å². The molecule has 0 spiro atoms. The summed E-state index contributed by atoms with van der Waals surface area (Å²) < 4.78 is 0. The first-order valence-corrected chi connectivity index (χ1v) is 7.71. The molecule has 2 amide bonds. The van der Waals surface area contributed by atoms with E-state index >= 15 is 0 Å². The Balaban J connectivity index is 2.12. The van der Waals surface area contributed by atoms with Gasteiger partial charge in [-0.15, -0.1) is 0 Å². The number of nitrogens with one attached hydrogen (secondary N) is 1. The Kier molecular flexibility index (Phi) is 5.64. The number of hydrogen-bond acceptors (Lipinski definition) is 3. The predicted molar refractivity (Wildman–Crippen MR) is 84.7 cm³/mol. The van der Waals surface area contributed by atoms with Crippen molar-refractivity contribution in [2.45, 2.75) is 31.7 Å². The minimum Gasteiger partial charge on any atom is -0.330 e. The molecule has 0 bridgehead atoms. The van der Waals surface area contributed by atoms with Crippen LogP contribution in [0.2, 0.25) is 10.0 Å². The van der Waals surface area contributed by atoms with Crippen molar-refractivity contribution >= 4 is 40.7 Å². The molecule has 1 aliphatic rings. The molecule has 0 aliphatic carbocycles. The van der Waals surface area contributed by atoms with Crippen LogP contribution in [0.4, 0.5) is 5.69 Å². The summed E-state index contributed by atoms with van der Waals surface area (Å²) in [5.74, 6) is -0.611. The van der Waals surface area contributed by atoms with Crippen LogP contribution >= 0.6 is 23.2 Å². The molecule has 7 heteroatoms. The fourth-order valence-electron chi connectivity index (χ4n) is 2.48. The van der Waals surface area contributed by atoms with Gasteiger partial charge < -0.3 is 10.2 Å². The molecule has 0 saturated carbocycles. The number of benzene rings is 1. The molecule has 0 unspecified atom stereocenters. The van der Waals surface area contributed by atoms with Gasteiger partial charge in [-0.2, -0.15) is 5.26 Å². The second-order valence-corrected chi connectivity index (χ2v) is 5.89. The SMILES string of the molecule is N#CCC(=O)N1CCCC[C@H]1C(=O)Nc1ccc(Cl)cc1Cl. The zero-order valence-corrected chi connectivity index (χ0v) is 13.3. The summed E-state index contributed by atoms with van der Waals surface area (Å²) in [4.78, 5) is 25.9. The summed E-state index contributed by atoms with van der Waals surface area (Å²) in [5, 5.41) is 12.2. The largest absolute Gasteiger partial charge is 0.330 e. The van der Waals surface area contributed by atoms with E-state index in [-0.39, 0.29) is 18.2 Å². The van der Waals surface area contributed by atoms with E-state index in [9.17, 15) is 9.59 Å². The van der Waals surface area contributed by atoms with Crippen molar-refractivity contribution < 1.29 is 9.59 Å². The normalized spacial score (nSPS) is 17.7. The van der Waals surface area contributed by atoms with Crippen LogP contribution in [-0.2, 0) is 9.59 Å². The Labute approximate surface area is 138 Å². The standard InChI is InChI=1S/C15H15Cl2N3O2/c16-10-4-5-12(11(17)9-10)19-15(22)13-3-1-2-8-20(13)14(21)6-7-18/h4-5,9,13H,1-3,6,8H2,(H,19,22)/t13-/m0/s1. The minimum atomic E-state index is -0.568. The first kappa shape index (κ1) is 16.6. The quantitative estimate of drug-likeness (QED) is 0.918. The smallest absolute Gasteiger partial charge is 0.247 e. The number of carbonyl (C=O) groups excluding carboxylic acids is 2. The van der Waals surface area contributed by atoms with Crippen molar-refractivity contribution in [1.82, 2.24) is 4.90 Å². The lowest BCUT2D eigenvalue weighted by atomic mass is 10.0. The first-order valence-electron chi connectivity index (χ1n) is 6.95. The molecule has 1 aromatic carbocycles. The van der Waals surface area contributed by atoms with Crippen molar-refractivity contribution in [1.29, 1.82) is 5.26 Å². The molecule has 1 fully saturated rings. The maximum atomic E-state index is 12.4. The van der Waals surface area contributed by atoms with Crippen LogP contribution < -0.4 is 5.32 Å². The fraction of sp³-hybridized carbons (Fsp3) is 0.400. The highest BCUT2D eigenvalue weighted by molar-refractivity contribution is 6.36. The van der Waals surface area contributed by atoms with Gasteiger partial charge in [-0.1, -0.05) is 23.2 Å². The van der Waals surface area contributed by atoms with Crippen LogP contribution in [0.1, 0.15) is 25.7 Å². The number of nitrogens with zero attached hydrogens (tertiary/aromatic N) is 2. The van der Waals surface area contributed by atoms with E-state index in [2.05, 4.69) is 5.32 Å². The lowest BCUT2D eigenvalue weighted by Crippen LogP contribution is -2.49. The van der Waals surface area contributed by atoms with E-state index in [1.165, 1.54) is 11.0 Å². The maximum absolute atomic E-state index is 12.4. The molecule has 1 aromatic rings. The molecule has 5 nitrogen and oxygen atoms in total. The Hall–Kier alpha value is -1.77. The molecular formula is C15H15Cl2N3O2. The molecule has 1 atom stereocenters. The van der Waals surface area contributed by atoms with Gasteiger partial charge in [0.25, 0.3) is 0 Å². The van der Waals surface area contributed by atoms with Crippen LogP contribution in [0, 0.1) is 11.3 Å². The van der Waals surface area contributed by atoms with Crippen LogP contribution in [0.25, 0.3) is 0 Å². The lowest BCUT2D eigenvalue weighted by Gasteiger charge is -2.34. The van der Waals surface area contributed by atoms with Gasteiger partial charge in [0, 0.05) is 11.6 Å². The number of nitriles is 1. The number of anilines is 1. The number of halogens is 2. The zero-order chi connectivity index (χ0) is 16.1. The molecule has 1 N–H and O–H groups in total. The number of piperidine rings is 1. The highest BCUT2D eigenvalue weighted by atomic mass is 35.5. The number of hydrogen-bond donors (Lipinski definition) is 1. The third-order valence-corrected chi connectivity index (χ3v) is 4.09. The molecule has 1 saturated heterocycles. The summed E-state index contributed by atoms with van der Waals surface area (Å²) in [6, 6.07) is 6.05. The Bertz CT molecular complexity index is 628. The molecule has 116 valence electrons. The summed E-state index contributed by atoms with van der Waals surface area (Å²) in [7, 11) is 0. The third-order valence-electron chi connectivity index (χ3n) is 3.55. The lowest BCUT2D eigenvalue weighted by molar-refractivity contribution is -0.139. The van der Waals surface area contributed by atoms with Crippen molar-refractivity contribution in [3.8, 4) is 6.07 Å². The zero-order valence-electron chi connectivity index (χ0n) is 11.8. The highest BCUT2D eigenvalue weighted by Crippen LogP contribution is 2.27. The molecule has 1 aliphatic heterocycles. The minimum absolute atomic E-state index is 0.217. The average Bonchev–Trinajstić information content (AvgIpc) is 2.50. The predicted octanol–water partition coefficient (Wildman–Crippen LogP) is 3.23.